The summed E-state index contributed by atoms with van der Waals surface area (Å²) in [4.78, 5) is 2.06. The van der Waals surface area contributed by atoms with Crippen molar-refractivity contribution in [1.29, 1.82) is 0 Å². The molecule has 1 rings (SSSR count). The summed E-state index contributed by atoms with van der Waals surface area (Å²) in [6.07, 6.45) is 6.91. The van der Waals surface area contributed by atoms with Crippen molar-refractivity contribution in [3.8, 4) is 12.3 Å². The number of aliphatic hydroxyl groups is 1. The fourth-order valence-electron chi connectivity index (χ4n) is 1.36. The van der Waals surface area contributed by atoms with Crippen LogP contribution >= 0.6 is 0 Å². The summed E-state index contributed by atoms with van der Waals surface area (Å²) in [5.74, 6) is 2.42. The first kappa shape index (κ1) is 7.59. The Hall–Kier alpha value is -0.520. The van der Waals surface area contributed by atoms with E-state index in [0.29, 0.717) is 6.54 Å². The molecule has 2 heteroatoms. The molecule has 0 amide bonds. The number of likely N-dealkylation sites (N-methyl/N-ethyl adjacent to an activating group) is 1. The topological polar surface area (TPSA) is 23.5 Å². The van der Waals surface area contributed by atoms with E-state index in [1.165, 1.54) is 0 Å². The van der Waals surface area contributed by atoms with E-state index in [4.69, 9.17) is 6.42 Å². The van der Waals surface area contributed by atoms with Gasteiger partial charge in [-0.15, -0.1) is 6.42 Å². The van der Waals surface area contributed by atoms with Crippen LogP contribution in [0, 0.1) is 12.3 Å². The van der Waals surface area contributed by atoms with Gasteiger partial charge in [-0.1, -0.05) is 5.92 Å². The van der Waals surface area contributed by atoms with E-state index >= 15 is 0 Å². The Morgan fingerprint density at radius 3 is 2.80 bits per heavy atom. The minimum Gasteiger partial charge on any atom is -0.376 e. The summed E-state index contributed by atoms with van der Waals surface area (Å²) in [5.41, 5.74) is -0.854. The molecule has 56 valence electrons. The van der Waals surface area contributed by atoms with Gasteiger partial charge in [0.05, 0.1) is 0 Å². The van der Waals surface area contributed by atoms with Crippen molar-refractivity contribution in [3.05, 3.63) is 0 Å². The Balaban J connectivity index is 2.56. The highest BCUT2D eigenvalue weighted by Crippen LogP contribution is 2.18. The Labute approximate surface area is 61.8 Å². The number of nitrogens with zero attached hydrogens (tertiary/aromatic N) is 1. The first-order chi connectivity index (χ1) is 4.66. The van der Waals surface area contributed by atoms with E-state index < -0.39 is 5.60 Å². The maximum Gasteiger partial charge on any atom is 0.137 e. The summed E-state index contributed by atoms with van der Waals surface area (Å²) < 4.78 is 0. The maximum atomic E-state index is 9.57. The highest BCUT2D eigenvalue weighted by Gasteiger charge is 2.28. The number of hydrogen-bond acceptors (Lipinski definition) is 2. The molecule has 0 aliphatic carbocycles. The van der Waals surface area contributed by atoms with Gasteiger partial charge in [0.15, 0.2) is 0 Å². The number of rotatable bonds is 0. The van der Waals surface area contributed by atoms with E-state index in [1.54, 1.807) is 0 Å². The molecule has 0 spiro atoms. The summed E-state index contributed by atoms with van der Waals surface area (Å²) in [7, 11) is 1.97. The van der Waals surface area contributed by atoms with E-state index in [9.17, 15) is 5.11 Å². The third-order valence-electron chi connectivity index (χ3n) is 1.93. The molecular weight excluding hydrogens is 126 g/mol. The fourth-order valence-corrected chi connectivity index (χ4v) is 1.36. The van der Waals surface area contributed by atoms with Crippen molar-refractivity contribution in [2.45, 2.75) is 18.4 Å². The lowest BCUT2D eigenvalue weighted by Crippen LogP contribution is -2.45. The molecule has 1 aliphatic rings. The predicted molar refractivity (Wildman–Crippen MR) is 40.5 cm³/mol. The number of terminal acetylenes is 1. The summed E-state index contributed by atoms with van der Waals surface area (Å²) in [5, 5.41) is 9.57. The zero-order chi connectivity index (χ0) is 7.61. The quantitative estimate of drug-likeness (QED) is 0.480. The van der Waals surface area contributed by atoms with Crippen molar-refractivity contribution in [3.63, 3.8) is 0 Å². The van der Waals surface area contributed by atoms with Crippen molar-refractivity contribution in [2.24, 2.45) is 0 Å². The van der Waals surface area contributed by atoms with Crippen molar-refractivity contribution in [1.82, 2.24) is 4.90 Å². The van der Waals surface area contributed by atoms with E-state index in [2.05, 4.69) is 10.8 Å². The fraction of sp³-hybridized carbons (Fsp3) is 0.750. The lowest BCUT2D eigenvalue weighted by atomic mass is 9.94. The number of likely N-dealkylation sites (tertiary alicyclic amines) is 1. The third-order valence-corrected chi connectivity index (χ3v) is 1.93. The SMILES string of the molecule is C#C[C@@]1(O)CCCN(C)C1. The van der Waals surface area contributed by atoms with E-state index in [1.807, 2.05) is 7.05 Å². The molecule has 0 aromatic rings. The van der Waals surface area contributed by atoms with Crippen LogP contribution < -0.4 is 0 Å². The zero-order valence-electron chi connectivity index (χ0n) is 6.30. The Morgan fingerprint density at radius 1 is 1.70 bits per heavy atom. The van der Waals surface area contributed by atoms with Gasteiger partial charge >= 0.3 is 0 Å². The van der Waals surface area contributed by atoms with Gasteiger partial charge < -0.3 is 10.0 Å². The Kier molecular flexibility index (Phi) is 1.98. The minimum atomic E-state index is -0.854. The molecule has 1 atom stereocenters. The maximum absolute atomic E-state index is 9.57. The Bertz CT molecular complexity index is 161. The summed E-state index contributed by atoms with van der Waals surface area (Å²) in [6.45, 7) is 1.66. The van der Waals surface area contributed by atoms with E-state index in [-0.39, 0.29) is 0 Å². The molecular formula is C8H13NO. The van der Waals surface area contributed by atoms with Crippen molar-refractivity contribution in [2.75, 3.05) is 20.1 Å². The van der Waals surface area contributed by atoms with Crippen molar-refractivity contribution >= 4 is 0 Å². The van der Waals surface area contributed by atoms with Crippen LogP contribution in [0.1, 0.15) is 12.8 Å². The molecule has 0 unspecified atom stereocenters. The zero-order valence-corrected chi connectivity index (χ0v) is 6.30. The van der Waals surface area contributed by atoms with Gasteiger partial charge in [0.25, 0.3) is 0 Å². The minimum absolute atomic E-state index is 0.615. The lowest BCUT2D eigenvalue weighted by Gasteiger charge is -2.33. The van der Waals surface area contributed by atoms with Gasteiger partial charge in [0.2, 0.25) is 0 Å². The van der Waals surface area contributed by atoms with Gasteiger partial charge in [0, 0.05) is 6.54 Å². The van der Waals surface area contributed by atoms with Crippen LogP contribution in [0.4, 0.5) is 0 Å². The highest BCUT2D eigenvalue weighted by atomic mass is 16.3. The van der Waals surface area contributed by atoms with Gasteiger partial charge in [-0.05, 0) is 26.4 Å². The van der Waals surface area contributed by atoms with Crippen LogP contribution in [-0.4, -0.2) is 35.7 Å². The average molecular weight is 139 g/mol. The van der Waals surface area contributed by atoms with Crippen molar-refractivity contribution < 1.29 is 5.11 Å². The molecule has 1 fully saturated rings. The van der Waals surface area contributed by atoms with Gasteiger partial charge in [-0.25, -0.2) is 0 Å². The summed E-state index contributed by atoms with van der Waals surface area (Å²) >= 11 is 0. The first-order valence-corrected chi connectivity index (χ1v) is 3.55. The monoisotopic (exact) mass is 139 g/mol. The average Bonchev–Trinajstić information content (AvgIpc) is 1.88. The molecule has 10 heavy (non-hydrogen) atoms. The number of β-amino-alcohol motifs (C(OH)–C–C–N with tert-alkyl or cyclic N) is 1. The lowest BCUT2D eigenvalue weighted by molar-refractivity contribution is 0.0264. The second-order valence-corrected chi connectivity index (χ2v) is 3.02. The van der Waals surface area contributed by atoms with E-state index in [0.717, 1.165) is 19.4 Å². The molecule has 1 N–H and O–H groups in total. The predicted octanol–water partition coefficient (Wildman–Crippen LogP) is 0.0763. The number of hydrogen-bond donors (Lipinski definition) is 1. The van der Waals surface area contributed by atoms with Crippen LogP contribution in [0.3, 0.4) is 0 Å². The molecule has 1 heterocycles. The first-order valence-electron chi connectivity index (χ1n) is 3.55. The largest absolute Gasteiger partial charge is 0.376 e. The van der Waals surface area contributed by atoms with Gasteiger partial charge in [-0.3, -0.25) is 0 Å². The summed E-state index contributed by atoms with van der Waals surface area (Å²) in [6, 6.07) is 0. The van der Waals surface area contributed by atoms with Gasteiger partial charge in [-0.2, -0.15) is 0 Å². The molecule has 0 saturated carbocycles. The second kappa shape index (κ2) is 2.61. The number of piperidine rings is 1. The standard InChI is InChI=1S/C8H13NO/c1-3-8(10)5-4-6-9(2)7-8/h1,10H,4-7H2,2H3/t8-/m1/s1. The van der Waals surface area contributed by atoms with Crippen LogP contribution in [0.25, 0.3) is 0 Å². The molecule has 0 radical (unpaired) electrons. The smallest absolute Gasteiger partial charge is 0.137 e. The molecule has 1 aliphatic heterocycles. The third kappa shape index (κ3) is 1.50. The molecule has 0 bridgehead atoms. The highest BCUT2D eigenvalue weighted by molar-refractivity contribution is 5.09. The van der Waals surface area contributed by atoms with Crippen LogP contribution in [0.15, 0.2) is 0 Å². The van der Waals surface area contributed by atoms with Gasteiger partial charge in [0.1, 0.15) is 5.60 Å². The normalized spacial score (nSPS) is 35.3. The molecule has 2 nitrogen and oxygen atoms in total. The molecule has 0 aromatic carbocycles. The van der Waals surface area contributed by atoms with Crippen LogP contribution in [0.2, 0.25) is 0 Å². The molecule has 0 aromatic heterocycles. The van der Waals surface area contributed by atoms with Crippen LogP contribution in [-0.2, 0) is 0 Å². The second-order valence-electron chi connectivity index (χ2n) is 3.02. The molecule has 1 saturated heterocycles. The van der Waals surface area contributed by atoms with Crippen LogP contribution in [0.5, 0.6) is 0 Å². The Morgan fingerprint density at radius 2 is 2.40 bits per heavy atom.